The molecule has 2 amide bonds. The van der Waals surface area contributed by atoms with Crippen molar-refractivity contribution < 1.29 is 9.53 Å². The number of hydrogen-bond acceptors (Lipinski definition) is 6. The molecule has 0 radical (unpaired) electrons. The van der Waals surface area contributed by atoms with Gasteiger partial charge in [0.25, 0.3) is 0 Å². The number of nitrogens with one attached hydrogen (secondary N) is 1. The normalized spacial score (nSPS) is 17.6. The summed E-state index contributed by atoms with van der Waals surface area (Å²) in [5.41, 5.74) is 0. The van der Waals surface area contributed by atoms with Crippen LogP contribution in [0.15, 0.2) is 11.6 Å². The number of amides is 2. The molecule has 24 heavy (non-hydrogen) atoms. The summed E-state index contributed by atoms with van der Waals surface area (Å²) in [5, 5.41) is 5.93. The molecule has 0 spiro atoms. The second-order valence-corrected chi connectivity index (χ2v) is 7.19. The Kier molecular flexibility index (Phi) is 7.90. The van der Waals surface area contributed by atoms with Gasteiger partial charge in [-0.25, -0.2) is 9.78 Å². The average Bonchev–Trinajstić information content (AvgIpc) is 3.10. The number of piperazine rings is 1. The van der Waals surface area contributed by atoms with Gasteiger partial charge in [0.05, 0.1) is 13.2 Å². The van der Waals surface area contributed by atoms with Crippen molar-refractivity contribution in [2.75, 3.05) is 60.0 Å². The Morgan fingerprint density at radius 3 is 2.83 bits per heavy atom. The molecular formula is C16H29N5O2S. The quantitative estimate of drug-likeness (QED) is 0.752. The van der Waals surface area contributed by atoms with E-state index in [1.807, 2.05) is 5.38 Å². The van der Waals surface area contributed by atoms with Crippen LogP contribution in [0.1, 0.15) is 11.9 Å². The number of carbonyl (C=O) groups is 1. The summed E-state index contributed by atoms with van der Waals surface area (Å²) in [4.78, 5) is 23.3. The first kappa shape index (κ1) is 19.1. The van der Waals surface area contributed by atoms with E-state index in [0.717, 1.165) is 31.2 Å². The zero-order valence-corrected chi connectivity index (χ0v) is 15.7. The van der Waals surface area contributed by atoms with Gasteiger partial charge in [-0.1, -0.05) is 0 Å². The predicted octanol–water partition coefficient (Wildman–Crippen LogP) is 0.937. The molecule has 0 saturated carbocycles. The minimum absolute atomic E-state index is 0.0526. The van der Waals surface area contributed by atoms with E-state index in [0.29, 0.717) is 32.3 Å². The smallest absolute Gasteiger partial charge is 0.317 e. The van der Waals surface area contributed by atoms with Crippen molar-refractivity contribution in [3.05, 3.63) is 16.6 Å². The molecule has 2 heterocycles. The molecule has 1 fully saturated rings. The molecule has 1 N–H and O–H groups in total. The highest BCUT2D eigenvalue weighted by Crippen LogP contribution is 2.09. The first-order valence-corrected chi connectivity index (χ1v) is 9.30. The number of hydrogen-bond donors (Lipinski definition) is 1. The van der Waals surface area contributed by atoms with E-state index in [-0.39, 0.29) is 6.03 Å². The van der Waals surface area contributed by atoms with Crippen molar-refractivity contribution >= 4 is 17.4 Å². The highest BCUT2D eigenvalue weighted by Gasteiger charge is 2.21. The fraction of sp³-hybridized carbons (Fsp3) is 0.750. The Labute approximate surface area is 148 Å². The Hall–Kier alpha value is -1.22. The molecule has 7 nitrogen and oxygen atoms in total. The molecule has 1 saturated heterocycles. The van der Waals surface area contributed by atoms with Gasteiger partial charge in [0.2, 0.25) is 0 Å². The van der Waals surface area contributed by atoms with Gasteiger partial charge in [-0.2, -0.15) is 0 Å². The van der Waals surface area contributed by atoms with E-state index in [4.69, 9.17) is 4.74 Å². The summed E-state index contributed by atoms with van der Waals surface area (Å²) in [6.07, 6.45) is 1.77. The molecule has 1 atom stereocenters. The fourth-order valence-corrected chi connectivity index (χ4v) is 3.32. The summed E-state index contributed by atoms with van der Waals surface area (Å²) in [7, 11) is 3.80. The molecule has 1 unspecified atom stereocenters. The van der Waals surface area contributed by atoms with Crippen LogP contribution in [0.5, 0.6) is 0 Å². The molecule has 1 aliphatic heterocycles. The topological polar surface area (TPSA) is 60.9 Å². The van der Waals surface area contributed by atoms with Gasteiger partial charge in [-0.3, -0.25) is 4.90 Å². The molecule has 1 aromatic heterocycles. The summed E-state index contributed by atoms with van der Waals surface area (Å²) in [6, 6.07) is 0.287. The second-order valence-electron chi connectivity index (χ2n) is 6.21. The van der Waals surface area contributed by atoms with E-state index >= 15 is 0 Å². The molecule has 0 aromatic carbocycles. The lowest BCUT2D eigenvalue weighted by Gasteiger charge is -2.36. The number of methoxy groups -OCH3 is 1. The van der Waals surface area contributed by atoms with Crippen molar-refractivity contribution in [3.63, 3.8) is 0 Å². The largest absolute Gasteiger partial charge is 0.383 e. The lowest BCUT2D eigenvalue weighted by Crippen LogP contribution is -2.52. The lowest BCUT2D eigenvalue weighted by atomic mass is 10.2. The van der Waals surface area contributed by atoms with Crippen molar-refractivity contribution in [1.29, 1.82) is 0 Å². The summed E-state index contributed by atoms with van der Waals surface area (Å²) in [6.45, 7) is 8.72. The van der Waals surface area contributed by atoms with E-state index in [1.165, 1.54) is 0 Å². The molecule has 2 rings (SSSR count). The zero-order valence-electron chi connectivity index (χ0n) is 14.9. The second kappa shape index (κ2) is 9.93. The summed E-state index contributed by atoms with van der Waals surface area (Å²) < 4.78 is 5.12. The molecule has 0 aliphatic carbocycles. The maximum Gasteiger partial charge on any atom is 0.317 e. The van der Waals surface area contributed by atoms with Crippen LogP contribution in [0.25, 0.3) is 0 Å². The average molecular weight is 356 g/mol. The maximum absolute atomic E-state index is 12.5. The van der Waals surface area contributed by atoms with Gasteiger partial charge in [-0.05, 0) is 14.0 Å². The zero-order chi connectivity index (χ0) is 17.4. The van der Waals surface area contributed by atoms with Gasteiger partial charge in [0.15, 0.2) is 0 Å². The van der Waals surface area contributed by atoms with Crippen LogP contribution in [-0.2, 0) is 11.3 Å². The van der Waals surface area contributed by atoms with Crippen LogP contribution in [0.2, 0.25) is 0 Å². The molecular weight excluding hydrogens is 326 g/mol. The van der Waals surface area contributed by atoms with Gasteiger partial charge >= 0.3 is 6.03 Å². The highest BCUT2D eigenvalue weighted by atomic mass is 32.1. The van der Waals surface area contributed by atoms with Crippen LogP contribution in [0.3, 0.4) is 0 Å². The van der Waals surface area contributed by atoms with E-state index in [2.05, 4.69) is 34.1 Å². The van der Waals surface area contributed by atoms with Gasteiger partial charge < -0.3 is 19.9 Å². The summed E-state index contributed by atoms with van der Waals surface area (Å²) >= 11 is 1.56. The fourth-order valence-electron chi connectivity index (χ4n) is 2.69. The third kappa shape index (κ3) is 6.01. The Morgan fingerprint density at radius 2 is 2.21 bits per heavy atom. The first-order valence-electron chi connectivity index (χ1n) is 8.43. The number of urea groups is 1. The number of likely N-dealkylation sites (N-methyl/N-ethyl adjacent to an activating group) is 1. The number of nitrogens with zero attached hydrogens (tertiary/aromatic N) is 4. The van der Waals surface area contributed by atoms with Crippen LogP contribution >= 0.6 is 11.3 Å². The van der Waals surface area contributed by atoms with Crippen molar-refractivity contribution in [2.24, 2.45) is 0 Å². The number of rotatable bonds is 8. The highest BCUT2D eigenvalue weighted by molar-refractivity contribution is 7.09. The third-order valence-electron chi connectivity index (χ3n) is 4.37. The third-order valence-corrected chi connectivity index (χ3v) is 5.14. The van der Waals surface area contributed by atoms with Crippen LogP contribution in [0, 0.1) is 0 Å². The van der Waals surface area contributed by atoms with E-state index in [1.54, 1.807) is 29.5 Å². The number of thiazole rings is 1. The Balaban J connectivity index is 1.80. The Bertz CT molecular complexity index is 477. The molecule has 1 aliphatic rings. The van der Waals surface area contributed by atoms with Crippen molar-refractivity contribution in [3.8, 4) is 0 Å². The van der Waals surface area contributed by atoms with Gasteiger partial charge in [0.1, 0.15) is 5.01 Å². The minimum atomic E-state index is -0.0526. The molecule has 8 heteroatoms. The number of ether oxygens (including phenoxy) is 1. The van der Waals surface area contributed by atoms with Gasteiger partial charge in [-0.15, -0.1) is 11.3 Å². The summed E-state index contributed by atoms with van der Waals surface area (Å²) in [5.74, 6) is 0. The first-order chi connectivity index (χ1) is 11.6. The monoisotopic (exact) mass is 355 g/mol. The van der Waals surface area contributed by atoms with Crippen LogP contribution < -0.4 is 5.32 Å². The van der Waals surface area contributed by atoms with E-state index < -0.39 is 0 Å². The van der Waals surface area contributed by atoms with Gasteiger partial charge in [0, 0.05) is 64.0 Å². The van der Waals surface area contributed by atoms with Crippen LogP contribution in [-0.4, -0.2) is 91.8 Å². The molecule has 1 aromatic rings. The maximum atomic E-state index is 12.5. The Morgan fingerprint density at radius 1 is 1.46 bits per heavy atom. The SMILES string of the molecule is COCCN(Cc1nccs1)C(=O)NCC(C)N1CCN(C)CC1. The number of aromatic nitrogens is 1. The predicted molar refractivity (Wildman–Crippen MR) is 96.3 cm³/mol. The molecule has 136 valence electrons. The lowest BCUT2D eigenvalue weighted by molar-refractivity contribution is 0.115. The molecule has 0 bridgehead atoms. The standard InChI is InChI=1S/C16H29N5O2S/c1-14(20-7-5-19(2)6-8-20)12-18-16(22)21(9-10-23-3)13-15-17-4-11-24-15/h4,11,14H,5-10,12-13H2,1-3H3,(H,18,22). The van der Waals surface area contributed by atoms with Crippen LogP contribution in [0.4, 0.5) is 4.79 Å². The van der Waals surface area contributed by atoms with E-state index in [9.17, 15) is 4.79 Å². The minimum Gasteiger partial charge on any atom is -0.383 e. The van der Waals surface area contributed by atoms with Crippen molar-refractivity contribution in [1.82, 2.24) is 25.0 Å². The number of carbonyl (C=O) groups excluding carboxylic acids is 1. The van der Waals surface area contributed by atoms with Crippen molar-refractivity contribution in [2.45, 2.75) is 19.5 Å².